The maximum atomic E-state index is 13.9. The summed E-state index contributed by atoms with van der Waals surface area (Å²) in [7, 11) is 0. The summed E-state index contributed by atoms with van der Waals surface area (Å²) in [5.41, 5.74) is 2.24. The van der Waals surface area contributed by atoms with Gasteiger partial charge in [0.1, 0.15) is 23.0 Å². The van der Waals surface area contributed by atoms with Gasteiger partial charge in [0.2, 0.25) is 0 Å². The van der Waals surface area contributed by atoms with E-state index in [2.05, 4.69) is 4.98 Å². The molecule has 0 aliphatic carbocycles. The zero-order chi connectivity index (χ0) is 16.8. The van der Waals surface area contributed by atoms with Crippen LogP contribution in [0.3, 0.4) is 0 Å². The number of H-pyrrole nitrogens is 1. The summed E-state index contributed by atoms with van der Waals surface area (Å²) in [5.74, 6) is -4.16. The SMILES string of the molecule is O=C(c1c(F)cc(F)cc1F)N1CCc2[nH]c3ccccc3c2C1. The zero-order valence-electron chi connectivity index (χ0n) is 12.6. The second-order valence-corrected chi connectivity index (χ2v) is 5.85. The fraction of sp³-hybridized carbons (Fsp3) is 0.167. The average molecular weight is 330 g/mol. The van der Waals surface area contributed by atoms with Gasteiger partial charge in [0.15, 0.2) is 0 Å². The molecule has 3 aromatic rings. The topological polar surface area (TPSA) is 36.1 Å². The number of aromatic nitrogens is 1. The van der Waals surface area contributed by atoms with Gasteiger partial charge in [-0.05, 0) is 6.07 Å². The third-order valence-corrected chi connectivity index (χ3v) is 4.39. The highest BCUT2D eigenvalue weighted by Crippen LogP contribution is 2.29. The molecule has 1 N–H and O–H groups in total. The number of amides is 1. The summed E-state index contributed by atoms with van der Waals surface area (Å²) in [5, 5.41) is 0.991. The molecule has 0 unspecified atom stereocenters. The summed E-state index contributed by atoms with van der Waals surface area (Å²) in [6.07, 6.45) is 0.570. The van der Waals surface area contributed by atoms with Gasteiger partial charge in [-0.15, -0.1) is 0 Å². The third kappa shape index (κ3) is 2.26. The predicted molar refractivity (Wildman–Crippen MR) is 83.1 cm³/mol. The van der Waals surface area contributed by atoms with E-state index in [1.54, 1.807) is 0 Å². The Kier molecular flexibility index (Phi) is 3.33. The van der Waals surface area contributed by atoms with Crippen molar-refractivity contribution in [1.82, 2.24) is 9.88 Å². The molecule has 24 heavy (non-hydrogen) atoms. The normalized spacial score (nSPS) is 14.0. The number of para-hydroxylation sites is 1. The van der Waals surface area contributed by atoms with Crippen molar-refractivity contribution in [2.24, 2.45) is 0 Å². The highest BCUT2D eigenvalue weighted by atomic mass is 19.1. The van der Waals surface area contributed by atoms with Crippen LogP contribution < -0.4 is 0 Å². The van der Waals surface area contributed by atoms with Crippen LogP contribution in [0, 0.1) is 17.5 Å². The first-order chi connectivity index (χ1) is 11.5. The van der Waals surface area contributed by atoms with Crippen LogP contribution in [-0.4, -0.2) is 22.3 Å². The average Bonchev–Trinajstić information content (AvgIpc) is 2.91. The minimum Gasteiger partial charge on any atom is -0.358 e. The molecule has 2 aromatic carbocycles. The van der Waals surface area contributed by atoms with Crippen LogP contribution in [-0.2, 0) is 13.0 Å². The van der Waals surface area contributed by atoms with E-state index in [1.165, 1.54) is 4.90 Å². The van der Waals surface area contributed by atoms with Crippen molar-refractivity contribution in [3.63, 3.8) is 0 Å². The minimum absolute atomic E-state index is 0.258. The van der Waals surface area contributed by atoms with Crippen LogP contribution in [0.4, 0.5) is 13.2 Å². The third-order valence-electron chi connectivity index (χ3n) is 4.39. The Labute approximate surface area is 135 Å². The van der Waals surface area contributed by atoms with Gasteiger partial charge in [0.05, 0.1) is 0 Å². The van der Waals surface area contributed by atoms with Crippen molar-refractivity contribution in [2.45, 2.75) is 13.0 Å². The monoisotopic (exact) mass is 330 g/mol. The highest BCUT2D eigenvalue weighted by Gasteiger charge is 2.28. The van der Waals surface area contributed by atoms with Crippen LogP contribution in [0.15, 0.2) is 36.4 Å². The Hall–Kier alpha value is -2.76. The van der Waals surface area contributed by atoms with E-state index in [4.69, 9.17) is 0 Å². The lowest BCUT2D eigenvalue weighted by atomic mass is 10.0. The smallest absolute Gasteiger partial charge is 0.260 e. The van der Waals surface area contributed by atoms with Gasteiger partial charge in [0.25, 0.3) is 5.91 Å². The molecule has 0 saturated heterocycles. The molecular weight excluding hydrogens is 317 g/mol. The van der Waals surface area contributed by atoms with Crippen molar-refractivity contribution < 1.29 is 18.0 Å². The molecule has 6 heteroatoms. The second-order valence-electron chi connectivity index (χ2n) is 5.85. The number of fused-ring (bicyclic) bond motifs is 3. The summed E-state index contributed by atoms with van der Waals surface area (Å²) in [6.45, 7) is 0.601. The van der Waals surface area contributed by atoms with Crippen LogP contribution in [0.5, 0.6) is 0 Å². The molecule has 1 aliphatic rings. The van der Waals surface area contributed by atoms with Gasteiger partial charge in [-0.1, -0.05) is 18.2 Å². The predicted octanol–water partition coefficient (Wildman–Crippen LogP) is 3.78. The van der Waals surface area contributed by atoms with E-state index in [0.29, 0.717) is 25.1 Å². The lowest BCUT2D eigenvalue weighted by Gasteiger charge is -2.27. The van der Waals surface area contributed by atoms with E-state index in [1.807, 2.05) is 24.3 Å². The molecule has 0 radical (unpaired) electrons. The van der Waals surface area contributed by atoms with Crippen LogP contribution in [0.2, 0.25) is 0 Å². The molecule has 0 spiro atoms. The number of nitrogens with one attached hydrogen (secondary N) is 1. The number of carbonyl (C=O) groups excluding carboxylic acids is 1. The van der Waals surface area contributed by atoms with Crippen molar-refractivity contribution in [2.75, 3.05) is 6.54 Å². The summed E-state index contributed by atoms with van der Waals surface area (Å²) < 4.78 is 40.8. The van der Waals surface area contributed by atoms with E-state index >= 15 is 0 Å². The highest BCUT2D eigenvalue weighted by molar-refractivity contribution is 5.95. The summed E-state index contributed by atoms with van der Waals surface area (Å²) >= 11 is 0. The first kappa shape index (κ1) is 14.8. The number of benzene rings is 2. The van der Waals surface area contributed by atoms with E-state index in [-0.39, 0.29) is 6.54 Å². The van der Waals surface area contributed by atoms with Crippen LogP contribution >= 0.6 is 0 Å². The summed E-state index contributed by atoms with van der Waals surface area (Å²) in [6, 6.07) is 8.75. The van der Waals surface area contributed by atoms with Gasteiger partial charge < -0.3 is 9.88 Å². The Morgan fingerprint density at radius 2 is 1.79 bits per heavy atom. The Morgan fingerprint density at radius 1 is 1.08 bits per heavy atom. The molecule has 122 valence electrons. The molecule has 1 aliphatic heterocycles. The zero-order valence-corrected chi connectivity index (χ0v) is 12.6. The van der Waals surface area contributed by atoms with Gasteiger partial charge in [-0.3, -0.25) is 4.79 Å². The lowest BCUT2D eigenvalue weighted by molar-refractivity contribution is 0.0725. The largest absolute Gasteiger partial charge is 0.358 e. The van der Waals surface area contributed by atoms with Crippen molar-refractivity contribution >= 4 is 16.8 Å². The maximum Gasteiger partial charge on any atom is 0.260 e. The molecular formula is C18H13F3N2O. The second kappa shape index (κ2) is 5.40. The molecule has 0 fully saturated rings. The fourth-order valence-electron chi connectivity index (χ4n) is 3.24. The Morgan fingerprint density at radius 3 is 2.54 bits per heavy atom. The lowest BCUT2D eigenvalue weighted by Crippen LogP contribution is -2.36. The molecule has 0 saturated carbocycles. The fourth-order valence-corrected chi connectivity index (χ4v) is 3.24. The summed E-state index contributed by atoms with van der Waals surface area (Å²) in [4.78, 5) is 17.2. The number of hydrogen-bond acceptors (Lipinski definition) is 1. The van der Waals surface area contributed by atoms with E-state index < -0.39 is 28.9 Å². The number of rotatable bonds is 1. The molecule has 3 nitrogen and oxygen atoms in total. The number of halogens is 3. The Balaban J connectivity index is 1.71. The van der Waals surface area contributed by atoms with Crippen LogP contribution in [0.25, 0.3) is 10.9 Å². The van der Waals surface area contributed by atoms with E-state index in [0.717, 1.165) is 22.2 Å². The molecule has 0 bridgehead atoms. The first-order valence-corrected chi connectivity index (χ1v) is 7.57. The first-order valence-electron chi connectivity index (χ1n) is 7.57. The quantitative estimate of drug-likeness (QED) is 0.724. The number of hydrogen-bond donors (Lipinski definition) is 1. The van der Waals surface area contributed by atoms with Gasteiger partial charge in [-0.2, -0.15) is 0 Å². The standard InChI is InChI=1S/C18H13F3N2O/c19-10-7-13(20)17(14(21)8-10)18(24)23-6-5-16-12(9-23)11-3-1-2-4-15(11)22-16/h1-4,7-8,22H,5-6,9H2. The minimum atomic E-state index is -1.18. The molecule has 4 rings (SSSR count). The maximum absolute atomic E-state index is 13.9. The molecule has 1 amide bonds. The van der Waals surface area contributed by atoms with Gasteiger partial charge in [-0.25, -0.2) is 13.2 Å². The molecule has 1 aromatic heterocycles. The Bertz CT molecular complexity index is 941. The van der Waals surface area contributed by atoms with Crippen molar-refractivity contribution in [3.05, 3.63) is 70.7 Å². The van der Waals surface area contributed by atoms with Gasteiger partial charge >= 0.3 is 0 Å². The molecule has 2 heterocycles. The number of carbonyl (C=O) groups is 1. The molecule has 0 atom stereocenters. The van der Waals surface area contributed by atoms with Crippen LogP contribution in [0.1, 0.15) is 21.6 Å². The van der Waals surface area contributed by atoms with Crippen molar-refractivity contribution in [1.29, 1.82) is 0 Å². The number of nitrogens with zero attached hydrogens (tertiary/aromatic N) is 1. The van der Waals surface area contributed by atoms with Crippen molar-refractivity contribution in [3.8, 4) is 0 Å². The van der Waals surface area contributed by atoms with E-state index in [9.17, 15) is 18.0 Å². The number of aromatic amines is 1. The van der Waals surface area contributed by atoms with Gasteiger partial charge in [0, 0.05) is 53.8 Å².